The molecule has 0 unspecified atom stereocenters. The van der Waals surface area contributed by atoms with Crippen LogP contribution in [-0.2, 0) is 0 Å². The van der Waals surface area contributed by atoms with Crippen molar-refractivity contribution in [2.24, 2.45) is 0 Å². The number of benzene rings is 2. The van der Waals surface area contributed by atoms with Crippen LogP contribution in [0.1, 0.15) is 5.56 Å². The zero-order chi connectivity index (χ0) is 15.8. The second-order valence-corrected chi connectivity index (χ2v) is 18.3. The summed E-state index contributed by atoms with van der Waals surface area (Å²) in [5.74, 6) is 0. The van der Waals surface area contributed by atoms with Crippen molar-refractivity contribution < 1.29 is 0 Å². The summed E-state index contributed by atoms with van der Waals surface area (Å²) in [5, 5.41) is 3.16. The van der Waals surface area contributed by atoms with Gasteiger partial charge in [0.1, 0.15) is 0 Å². The van der Waals surface area contributed by atoms with Gasteiger partial charge in [-0.15, -0.1) is 0 Å². The highest BCUT2D eigenvalue weighted by atomic mass is 28.3. The van der Waals surface area contributed by atoms with E-state index in [0.717, 1.165) is 0 Å². The maximum atomic E-state index is 2.50. The number of hydrogen-bond acceptors (Lipinski definition) is 0. The Morgan fingerprint density at radius 2 is 1.00 bits per heavy atom. The van der Waals surface area contributed by atoms with Gasteiger partial charge in [-0.25, -0.2) is 0 Å². The fourth-order valence-corrected chi connectivity index (χ4v) is 4.90. The molecule has 0 spiro atoms. The molecular formula is C19H28Si2. The van der Waals surface area contributed by atoms with E-state index in [1.165, 1.54) is 16.7 Å². The minimum atomic E-state index is -1.30. The summed E-state index contributed by atoms with van der Waals surface area (Å²) in [5.41, 5.74) is 4.07. The van der Waals surface area contributed by atoms with Gasteiger partial charge in [0.2, 0.25) is 0 Å². The van der Waals surface area contributed by atoms with E-state index < -0.39 is 16.1 Å². The third-order valence-corrected chi connectivity index (χ3v) is 8.09. The Labute approximate surface area is 132 Å². The number of rotatable bonds is 3. The van der Waals surface area contributed by atoms with Gasteiger partial charge in [0.15, 0.2) is 0 Å². The van der Waals surface area contributed by atoms with Crippen LogP contribution in [0.2, 0.25) is 39.3 Å². The average Bonchev–Trinajstić information content (AvgIpc) is 2.37. The van der Waals surface area contributed by atoms with E-state index in [-0.39, 0.29) is 0 Å². The fraction of sp³-hybridized carbons (Fsp3) is 0.368. The van der Waals surface area contributed by atoms with Crippen LogP contribution in [0.5, 0.6) is 0 Å². The molecule has 0 atom stereocenters. The van der Waals surface area contributed by atoms with Crippen LogP contribution < -0.4 is 10.4 Å². The molecule has 112 valence electrons. The first-order valence-electron chi connectivity index (χ1n) is 7.80. The molecule has 0 amide bonds. The van der Waals surface area contributed by atoms with Crippen LogP contribution >= 0.6 is 0 Å². The minimum absolute atomic E-state index is 1.30. The molecule has 0 aliphatic carbocycles. The Hall–Kier alpha value is -1.13. The predicted molar refractivity (Wildman–Crippen MR) is 103 cm³/mol. The van der Waals surface area contributed by atoms with Crippen molar-refractivity contribution in [2.75, 3.05) is 0 Å². The van der Waals surface area contributed by atoms with Crippen LogP contribution in [-0.4, -0.2) is 16.1 Å². The molecule has 2 heteroatoms. The van der Waals surface area contributed by atoms with E-state index in [4.69, 9.17) is 0 Å². The molecule has 0 bridgehead atoms. The maximum Gasteiger partial charge on any atom is 0.0776 e. The van der Waals surface area contributed by atoms with Crippen LogP contribution in [0.3, 0.4) is 0 Å². The SMILES string of the molecule is Cc1ccc(-c2cc([Si](C)(C)C)cc([Si](C)(C)C)c2)cc1. The summed E-state index contributed by atoms with van der Waals surface area (Å²) in [6.45, 7) is 16.8. The minimum Gasteiger partial charge on any atom is -0.0656 e. The summed E-state index contributed by atoms with van der Waals surface area (Å²) in [6.07, 6.45) is 0. The van der Waals surface area contributed by atoms with Crippen LogP contribution in [0.4, 0.5) is 0 Å². The smallest absolute Gasteiger partial charge is 0.0656 e. The molecule has 0 fully saturated rings. The predicted octanol–water partition coefficient (Wildman–Crippen LogP) is 4.75. The third-order valence-electron chi connectivity index (χ3n) is 4.05. The number of aryl methyl sites for hydroxylation is 1. The Balaban J connectivity index is 2.63. The van der Waals surface area contributed by atoms with Gasteiger partial charge in [-0.2, -0.15) is 0 Å². The first kappa shape index (κ1) is 16.2. The molecule has 0 nitrogen and oxygen atoms in total. The van der Waals surface area contributed by atoms with Crippen molar-refractivity contribution in [1.82, 2.24) is 0 Å². The molecule has 0 aliphatic rings. The van der Waals surface area contributed by atoms with Crippen molar-refractivity contribution in [3.63, 3.8) is 0 Å². The van der Waals surface area contributed by atoms with Crippen LogP contribution in [0.25, 0.3) is 11.1 Å². The molecule has 0 radical (unpaired) electrons. The lowest BCUT2D eigenvalue weighted by molar-refractivity contribution is 1.47. The van der Waals surface area contributed by atoms with Gasteiger partial charge in [0.05, 0.1) is 16.1 Å². The summed E-state index contributed by atoms with van der Waals surface area (Å²) in [6, 6.07) is 16.3. The summed E-state index contributed by atoms with van der Waals surface area (Å²) >= 11 is 0. The molecule has 0 N–H and O–H groups in total. The summed E-state index contributed by atoms with van der Waals surface area (Å²) in [4.78, 5) is 0. The van der Waals surface area contributed by atoms with Gasteiger partial charge < -0.3 is 0 Å². The maximum absolute atomic E-state index is 2.50. The zero-order valence-electron chi connectivity index (χ0n) is 14.5. The first-order chi connectivity index (χ1) is 9.57. The zero-order valence-corrected chi connectivity index (χ0v) is 16.5. The second kappa shape index (κ2) is 5.58. The largest absolute Gasteiger partial charge is 0.0776 e. The van der Waals surface area contributed by atoms with Crippen LogP contribution in [0.15, 0.2) is 42.5 Å². The molecule has 2 aromatic rings. The first-order valence-corrected chi connectivity index (χ1v) is 14.8. The average molecular weight is 313 g/mol. The van der Waals surface area contributed by atoms with Crippen molar-refractivity contribution >= 4 is 26.5 Å². The Kier molecular flexibility index (Phi) is 4.32. The molecule has 2 rings (SSSR count). The molecular weight excluding hydrogens is 284 g/mol. The fourth-order valence-electron chi connectivity index (χ4n) is 2.41. The topological polar surface area (TPSA) is 0 Å². The number of hydrogen-bond donors (Lipinski definition) is 0. The quantitative estimate of drug-likeness (QED) is 0.717. The summed E-state index contributed by atoms with van der Waals surface area (Å²) < 4.78 is 0. The normalized spacial score (nSPS) is 12.5. The van der Waals surface area contributed by atoms with Gasteiger partial charge in [0, 0.05) is 0 Å². The molecule has 0 saturated heterocycles. The molecule has 2 aromatic carbocycles. The Morgan fingerprint density at radius 1 is 0.571 bits per heavy atom. The summed E-state index contributed by atoms with van der Waals surface area (Å²) in [7, 11) is -2.59. The standard InChI is InChI=1S/C19H28Si2/c1-15-8-10-16(11-9-15)17-12-18(20(2,3)4)14-19(13-17)21(5,6)7/h8-14H,1-7H3. The lowest BCUT2D eigenvalue weighted by atomic mass is 10.0. The van der Waals surface area contributed by atoms with Gasteiger partial charge in [0.25, 0.3) is 0 Å². The van der Waals surface area contributed by atoms with E-state index in [9.17, 15) is 0 Å². The van der Waals surface area contributed by atoms with E-state index in [0.29, 0.717) is 0 Å². The molecule has 0 aromatic heterocycles. The second-order valence-electron chi connectivity index (χ2n) is 8.17. The van der Waals surface area contributed by atoms with Gasteiger partial charge in [-0.05, 0) is 18.1 Å². The van der Waals surface area contributed by atoms with Gasteiger partial charge in [-0.1, -0.05) is 97.7 Å². The molecule has 21 heavy (non-hydrogen) atoms. The van der Waals surface area contributed by atoms with Crippen molar-refractivity contribution in [3.05, 3.63) is 48.0 Å². The highest BCUT2D eigenvalue weighted by Crippen LogP contribution is 2.20. The van der Waals surface area contributed by atoms with E-state index in [2.05, 4.69) is 88.7 Å². The third kappa shape index (κ3) is 3.95. The highest BCUT2D eigenvalue weighted by molar-refractivity contribution is 6.91. The lowest BCUT2D eigenvalue weighted by Crippen LogP contribution is -2.45. The lowest BCUT2D eigenvalue weighted by Gasteiger charge is -2.24. The van der Waals surface area contributed by atoms with Crippen molar-refractivity contribution in [3.8, 4) is 11.1 Å². The van der Waals surface area contributed by atoms with Gasteiger partial charge in [-0.3, -0.25) is 0 Å². The van der Waals surface area contributed by atoms with E-state index in [1.54, 1.807) is 10.4 Å². The molecule has 0 heterocycles. The molecule has 0 aliphatic heterocycles. The van der Waals surface area contributed by atoms with Crippen LogP contribution in [0, 0.1) is 6.92 Å². The molecule has 0 saturated carbocycles. The Morgan fingerprint density at radius 3 is 1.38 bits per heavy atom. The van der Waals surface area contributed by atoms with Crippen molar-refractivity contribution in [1.29, 1.82) is 0 Å². The Bertz CT molecular complexity index is 594. The van der Waals surface area contributed by atoms with E-state index in [1.807, 2.05) is 0 Å². The highest BCUT2D eigenvalue weighted by Gasteiger charge is 2.23. The monoisotopic (exact) mass is 312 g/mol. The van der Waals surface area contributed by atoms with Gasteiger partial charge >= 0.3 is 0 Å². The van der Waals surface area contributed by atoms with E-state index >= 15 is 0 Å². The van der Waals surface area contributed by atoms with Crippen molar-refractivity contribution in [2.45, 2.75) is 46.2 Å².